The van der Waals surface area contributed by atoms with Crippen molar-refractivity contribution in [2.45, 2.75) is 52.0 Å². The highest BCUT2D eigenvalue weighted by Crippen LogP contribution is 2.29. The van der Waals surface area contributed by atoms with Crippen LogP contribution in [0.15, 0.2) is 0 Å². The van der Waals surface area contributed by atoms with E-state index >= 15 is 0 Å². The highest BCUT2D eigenvalue weighted by Gasteiger charge is 2.22. The first-order chi connectivity index (χ1) is 7.72. The van der Waals surface area contributed by atoms with E-state index in [9.17, 15) is 0 Å². The van der Waals surface area contributed by atoms with E-state index in [1.807, 2.05) is 0 Å². The fourth-order valence-electron chi connectivity index (χ4n) is 2.58. The van der Waals surface area contributed by atoms with Crippen molar-refractivity contribution in [2.75, 3.05) is 20.3 Å². The molecule has 0 radical (unpaired) electrons. The molecule has 2 atom stereocenters. The third kappa shape index (κ3) is 5.83. The molecule has 1 N–H and O–H groups in total. The Kier molecular flexibility index (Phi) is 7.01. The average Bonchev–Trinajstić information content (AvgIpc) is 2.24. The SMILES string of the molecule is COCCONC1CCCC(CC(C)C)C1. The number of methoxy groups -OCH3 is 1. The molecule has 3 heteroatoms. The van der Waals surface area contributed by atoms with Gasteiger partial charge in [-0.2, -0.15) is 5.48 Å². The second kappa shape index (κ2) is 8.04. The molecule has 0 saturated heterocycles. The first-order valence-electron chi connectivity index (χ1n) is 6.58. The molecule has 1 aliphatic carbocycles. The van der Waals surface area contributed by atoms with E-state index in [2.05, 4.69) is 19.3 Å². The predicted molar refractivity (Wildman–Crippen MR) is 66.2 cm³/mol. The number of ether oxygens (including phenoxy) is 1. The maximum Gasteiger partial charge on any atom is 0.0915 e. The van der Waals surface area contributed by atoms with Crippen molar-refractivity contribution in [1.82, 2.24) is 5.48 Å². The van der Waals surface area contributed by atoms with Crippen LogP contribution in [0.4, 0.5) is 0 Å². The average molecular weight is 229 g/mol. The van der Waals surface area contributed by atoms with Crippen molar-refractivity contribution in [1.29, 1.82) is 0 Å². The minimum absolute atomic E-state index is 0.550. The second-order valence-electron chi connectivity index (χ2n) is 5.32. The first-order valence-corrected chi connectivity index (χ1v) is 6.58. The van der Waals surface area contributed by atoms with Crippen molar-refractivity contribution >= 4 is 0 Å². The summed E-state index contributed by atoms with van der Waals surface area (Å²) in [7, 11) is 1.70. The van der Waals surface area contributed by atoms with Gasteiger partial charge in [0.2, 0.25) is 0 Å². The van der Waals surface area contributed by atoms with Gasteiger partial charge in [-0.1, -0.05) is 26.7 Å². The lowest BCUT2D eigenvalue weighted by molar-refractivity contribution is -0.0230. The Hall–Kier alpha value is -0.120. The van der Waals surface area contributed by atoms with Gasteiger partial charge in [-0.05, 0) is 31.1 Å². The second-order valence-corrected chi connectivity index (χ2v) is 5.32. The third-order valence-corrected chi connectivity index (χ3v) is 3.23. The van der Waals surface area contributed by atoms with Crippen LogP contribution in [0.5, 0.6) is 0 Å². The smallest absolute Gasteiger partial charge is 0.0915 e. The van der Waals surface area contributed by atoms with Gasteiger partial charge in [-0.25, -0.2) is 0 Å². The topological polar surface area (TPSA) is 30.5 Å². The van der Waals surface area contributed by atoms with Crippen molar-refractivity contribution in [3.05, 3.63) is 0 Å². The maximum atomic E-state index is 5.39. The van der Waals surface area contributed by atoms with Crippen LogP contribution < -0.4 is 5.48 Å². The summed E-state index contributed by atoms with van der Waals surface area (Å²) < 4.78 is 4.94. The van der Waals surface area contributed by atoms with Gasteiger partial charge >= 0.3 is 0 Å². The van der Waals surface area contributed by atoms with Crippen LogP contribution in [0, 0.1) is 11.8 Å². The van der Waals surface area contributed by atoms with Crippen LogP contribution in [0.3, 0.4) is 0 Å². The monoisotopic (exact) mass is 229 g/mol. The van der Waals surface area contributed by atoms with Crippen LogP contribution in [0.25, 0.3) is 0 Å². The molecular formula is C13H27NO2. The summed E-state index contributed by atoms with van der Waals surface area (Å²) in [6.45, 7) is 5.93. The lowest BCUT2D eigenvalue weighted by atomic mass is 9.81. The molecule has 1 aliphatic rings. The molecular weight excluding hydrogens is 202 g/mol. The highest BCUT2D eigenvalue weighted by atomic mass is 16.7. The molecule has 3 nitrogen and oxygen atoms in total. The lowest BCUT2D eigenvalue weighted by Crippen LogP contribution is -2.35. The van der Waals surface area contributed by atoms with Crippen molar-refractivity contribution < 1.29 is 9.57 Å². The van der Waals surface area contributed by atoms with Gasteiger partial charge in [0.25, 0.3) is 0 Å². The first kappa shape index (κ1) is 13.9. The van der Waals surface area contributed by atoms with Crippen LogP contribution in [-0.2, 0) is 9.57 Å². The van der Waals surface area contributed by atoms with Gasteiger partial charge < -0.3 is 4.74 Å². The molecule has 1 rings (SSSR count). The van der Waals surface area contributed by atoms with E-state index in [1.165, 1.54) is 32.1 Å². The lowest BCUT2D eigenvalue weighted by Gasteiger charge is -2.30. The van der Waals surface area contributed by atoms with Crippen molar-refractivity contribution in [3.63, 3.8) is 0 Å². The Balaban J connectivity index is 2.12. The molecule has 96 valence electrons. The van der Waals surface area contributed by atoms with E-state index in [4.69, 9.17) is 9.57 Å². The van der Waals surface area contributed by atoms with Crippen molar-refractivity contribution in [3.8, 4) is 0 Å². The molecule has 0 amide bonds. The molecule has 0 aromatic carbocycles. The Morgan fingerprint density at radius 3 is 2.75 bits per heavy atom. The molecule has 1 fully saturated rings. The fraction of sp³-hybridized carbons (Fsp3) is 1.00. The molecule has 0 aliphatic heterocycles. The normalized spacial score (nSPS) is 26.2. The molecule has 0 aromatic rings. The Labute approximate surface area is 99.8 Å². The molecule has 0 heterocycles. The number of hydrogen-bond donors (Lipinski definition) is 1. The number of hydrogen-bond acceptors (Lipinski definition) is 3. The zero-order chi connectivity index (χ0) is 11.8. The van der Waals surface area contributed by atoms with E-state index in [0.717, 1.165) is 11.8 Å². The summed E-state index contributed by atoms with van der Waals surface area (Å²) in [5.41, 5.74) is 3.18. The summed E-state index contributed by atoms with van der Waals surface area (Å²) in [4.78, 5) is 5.39. The Morgan fingerprint density at radius 2 is 2.06 bits per heavy atom. The van der Waals surface area contributed by atoms with Crippen LogP contribution >= 0.6 is 0 Å². The van der Waals surface area contributed by atoms with Gasteiger partial charge in [-0.3, -0.25) is 4.84 Å². The molecule has 0 bridgehead atoms. The third-order valence-electron chi connectivity index (χ3n) is 3.23. The summed E-state index contributed by atoms with van der Waals surface area (Å²) in [6.07, 6.45) is 6.61. The highest BCUT2D eigenvalue weighted by molar-refractivity contribution is 4.76. The fourth-order valence-corrected chi connectivity index (χ4v) is 2.58. The van der Waals surface area contributed by atoms with Crippen molar-refractivity contribution in [2.24, 2.45) is 11.8 Å². The number of nitrogens with one attached hydrogen (secondary N) is 1. The van der Waals surface area contributed by atoms with Gasteiger partial charge in [0.05, 0.1) is 13.2 Å². The quantitative estimate of drug-likeness (QED) is 0.538. The van der Waals surface area contributed by atoms with Gasteiger partial charge in [0.1, 0.15) is 0 Å². The molecule has 2 unspecified atom stereocenters. The zero-order valence-electron chi connectivity index (χ0n) is 11.0. The van der Waals surface area contributed by atoms with E-state index in [-0.39, 0.29) is 0 Å². The maximum absolute atomic E-state index is 5.39. The van der Waals surface area contributed by atoms with Crippen LogP contribution in [-0.4, -0.2) is 26.4 Å². The molecule has 0 spiro atoms. The molecule has 16 heavy (non-hydrogen) atoms. The van der Waals surface area contributed by atoms with Crippen LogP contribution in [0.2, 0.25) is 0 Å². The number of rotatable bonds is 7. The van der Waals surface area contributed by atoms with E-state index < -0.39 is 0 Å². The van der Waals surface area contributed by atoms with Gasteiger partial charge in [0.15, 0.2) is 0 Å². The minimum atomic E-state index is 0.550. The summed E-state index contributed by atoms with van der Waals surface area (Å²) in [6, 6.07) is 0.550. The van der Waals surface area contributed by atoms with Gasteiger partial charge in [0, 0.05) is 13.2 Å². The molecule has 0 aromatic heterocycles. The molecule has 1 saturated carbocycles. The summed E-state index contributed by atoms with van der Waals surface area (Å²) in [5.74, 6) is 1.70. The minimum Gasteiger partial charge on any atom is -0.382 e. The summed E-state index contributed by atoms with van der Waals surface area (Å²) in [5, 5.41) is 0. The Bertz CT molecular complexity index is 173. The standard InChI is InChI=1S/C13H27NO2/c1-11(2)9-12-5-4-6-13(10-12)14-16-8-7-15-3/h11-14H,4-10H2,1-3H3. The van der Waals surface area contributed by atoms with E-state index in [0.29, 0.717) is 19.3 Å². The largest absolute Gasteiger partial charge is 0.382 e. The zero-order valence-corrected chi connectivity index (χ0v) is 11.0. The van der Waals surface area contributed by atoms with Gasteiger partial charge in [-0.15, -0.1) is 0 Å². The summed E-state index contributed by atoms with van der Waals surface area (Å²) >= 11 is 0. The number of hydroxylamine groups is 1. The van der Waals surface area contributed by atoms with Crippen LogP contribution in [0.1, 0.15) is 46.0 Å². The van der Waals surface area contributed by atoms with E-state index in [1.54, 1.807) is 7.11 Å². The Morgan fingerprint density at radius 1 is 1.25 bits per heavy atom. The predicted octanol–water partition coefficient (Wildman–Crippen LogP) is 2.76.